The highest BCUT2D eigenvalue weighted by molar-refractivity contribution is 9.11. The van der Waals surface area contributed by atoms with Gasteiger partial charge in [-0.2, -0.15) is 0 Å². The normalized spacial score (nSPS) is 16.3. The molecule has 2 nitrogen and oxygen atoms in total. The number of nitrogens with zero attached hydrogens (tertiary/aromatic N) is 1. The molecule has 21 heavy (non-hydrogen) atoms. The predicted octanol–water partition coefficient (Wildman–Crippen LogP) is 4.44. The van der Waals surface area contributed by atoms with E-state index in [1.54, 1.807) is 11.3 Å². The molecule has 2 aromatic rings. The van der Waals surface area contributed by atoms with Crippen LogP contribution in [0.15, 0.2) is 45.6 Å². The average molecular weight is 365 g/mol. The molecule has 0 spiro atoms. The summed E-state index contributed by atoms with van der Waals surface area (Å²) < 4.78 is 1.21. The molecule has 1 aromatic carbocycles. The number of thiophene rings is 1. The number of halogens is 1. The van der Waals surface area contributed by atoms with Gasteiger partial charge in [-0.15, -0.1) is 11.3 Å². The molecule has 1 saturated carbocycles. The van der Waals surface area contributed by atoms with E-state index >= 15 is 0 Å². The minimum atomic E-state index is 0.422. The molecule has 3 rings (SSSR count). The predicted molar refractivity (Wildman–Crippen MR) is 93.7 cm³/mol. The van der Waals surface area contributed by atoms with Crippen LogP contribution in [0.3, 0.4) is 0 Å². The van der Waals surface area contributed by atoms with E-state index in [1.165, 1.54) is 27.8 Å². The van der Waals surface area contributed by atoms with Gasteiger partial charge in [0.1, 0.15) is 0 Å². The standard InChI is InChI=1S/C17H21BrN2S/c1-20(11-13-9-17(18)21-12-13)16(10-19-15-7-8-15)14-5-3-2-4-6-14/h2-6,9,12,15-16,19H,7-8,10-11H2,1H3. The van der Waals surface area contributed by atoms with Gasteiger partial charge in [0.05, 0.1) is 3.79 Å². The molecule has 1 aliphatic carbocycles. The van der Waals surface area contributed by atoms with Crippen molar-refractivity contribution in [2.24, 2.45) is 0 Å². The third-order valence-corrected chi connectivity index (χ3v) is 5.50. The van der Waals surface area contributed by atoms with Gasteiger partial charge >= 0.3 is 0 Å². The maximum absolute atomic E-state index is 3.68. The van der Waals surface area contributed by atoms with Gasteiger partial charge in [0, 0.05) is 25.2 Å². The zero-order valence-electron chi connectivity index (χ0n) is 12.3. The number of likely N-dealkylation sites (N-methyl/N-ethyl adjacent to an activating group) is 1. The minimum absolute atomic E-state index is 0.422. The molecule has 1 unspecified atom stereocenters. The fourth-order valence-electron chi connectivity index (χ4n) is 2.60. The Hall–Kier alpha value is -0.680. The summed E-state index contributed by atoms with van der Waals surface area (Å²) in [6.07, 6.45) is 2.67. The van der Waals surface area contributed by atoms with E-state index in [0.29, 0.717) is 6.04 Å². The van der Waals surface area contributed by atoms with E-state index in [1.807, 2.05) is 0 Å². The van der Waals surface area contributed by atoms with Gasteiger partial charge in [0.15, 0.2) is 0 Å². The van der Waals surface area contributed by atoms with Crippen molar-refractivity contribution in [1.29, 1.82) is 0 Å². The fourth-order valence-corrected chi connectivity index (χ4v) is 3.80. The summed E-state index contributed by atoms with van der Waals surface area (Å²) in [5.74, 6) is 0. The molecule has 0 amide bonds. The zero-order chi connectivity index (χ0) is 14.7. The van der Waals surface area contributed by atoms with Crippen molar-refractivity contribution in [3.8, 4) is 0 Å². The van der Waals surface area contributed by atoms with Crippen molar-refractivity contribution >= 4 is 27.3 Å². The van der Waals surface area contributed by atoms with Crippen LogP contribution >= 0.6 is 27.3 Å². The number of rotatable bonds is 7. The van der Waals surface area contributed by atoms with Crippen LogP contribution in [-0.4, -0.2) is 24.5 Å². The molecule has 1 aliphatic rings. The molecule has 1 atom stereocenters. The number of hydrogen-bond donors (Lipinski definition) is 1. The second-order valence-corrected chi connectivity index (χ2v) is 8.07. The van der Waals surface area contributed by atoms with Gasteiger partial charge < -0.3 is 5.32 Å². The quantitative estimate of drug-likeness (QED) is 0.781. The van der Waals surface area contributed by atoms with Crippen LogP contribution in [0.5, 0.6) is 0 Å². The highest BCUT2D eigenvalue weighted by Crippen LogP contribution is 2.26. The van der Waals surface area contributed by atoms with Gasteiger partial charge in [-0.05, 0) is 58.4 Å². The maximum Gasteiger partial charge on any atom is 0.0701 e. The number of nitrogens with one attached hydrogen (secondary N) is 1. The van der Waals surface area contributed by atoms with Crippen molar-refractivity contribution in [1.82, 2.24) is 10.2 Å². The van der Waals surface area contributed by atoms with Crippen molar-refractivity contribution in [2.75, 3.05) is 13.6 Å². The summed E-state index contributed by atoms with van der Waals surface area (Å²) in [6.45, 7) is 2.00. The van der Waals surface area contributed by atoms with Gasteiger partial charge in [-0.1, -0.05) is 30.3 Å². The Morgan fingerprint density at radius 3 is 2.71 bits per heavy atom. The van der Waals surface area contributed by atoms with Gasteiger partial charge in [-0.3, -0.25) is 4.90 Å². The molecule has 4 heteroatoms. The highest BCUT2D eigenvalue weighted by atomic mass is 79.9. The summed E-state index contributed by atoms with van der Waals surface area (Å²) >= 11 is 5.31. The number of benzene rings is 1. The third-order valence-electron chi connectivity index (χ3n) is 3.95. The Morgan fingerprint density at radius 1 is 1.33 bits per heavy atom. The van der Waals surface area contributed by atoms with Crippen LogP contribution in [0.4, 0.5) is 0 Å². The summed E-state index contributed by atoms with van der Waals surface area (Å²) in [5, 5.41) is 5.91. The lowest BCUT2D eigenvalue weighted by Crippen LogP contribution is -2.34. The minimum Gasteiger partial charge on any atom is -0.312 e. The molecule has 0 saturated heterocycles. The van der Waals surface area contributed by atoms with Crippen molar-refractivity contribution in [2.45, 2.75) is 31.5 Å². The third kappa shape index (κ3) is 4.39. The zero-order valence-corrected chi connectivity index (χ0v) is 14.7. The van der Waals surface area contributed by atoms with Gasteiger partial charge in [-0.25, -0.2) is 0 Å². The van der Waals surface area contributed by atoms with E-state index in [2.05, 4.69) is 75.0 Å². The van der Waals surface area contributed by atoms with Crippen molar-refractivity contribution in [3.63, 3.8) is 0 Å². The van der Waals surface area contributed by atoms with Crippen molar-refractivity contribution < 1.29 is 0 Å². The summed E-state index contributed by atoms with van der Waals surface area (Å²) in [7, 11) is 2.22. The second kappa shape index (κ2) is 7.05. The first kappa shape index (κ1) is 15.2. The molecule has 112 valence electrons. The van der Waals surface area contributed by atoms with Crippen LogP contribution in [0.1, 0.15) is 30.0 Å². The molecule has 0 aliphatic heterocycles. The Morgan fingerprint density at radius 2 is 2.10 bits per heavy atom. The largest absolute Gasteiger partial charge is 0.312 e. The Labute approximate surface area is 139 Å². The smallest absolute Gasteiger partial charge is 0.0701 e. The molecule has 0 radical (unpaired) electrons. The van der Waals surface area contributed by atoms with Crippen LogP contribution in [0.2, 0.25) is 0 Å². The Kier molecular flexibility index (Phi) is 5.11. The van der Waals surface area contributed by atoms with Crippen molar-refractivity contribution in [3.05, 3.63) is 56.7 Å². The molecular formula is C17H21BrN2S. The fraction of sp³-hybridized carbons (Fsp3) is 0.412. The topological polar surface area (TPSA) is 15.3 Å². The van der Waals surface area contributed by atoms with E-state index in [0.717, 1.165) is 19.1 Å². The first-order valence-electron chi connectivity index (χ1n) is 7.44. The van der Waals surface area contributed by atoms with Gasteiger partial charge in [0.2, 0.25) is 0 Å². The molecule has 1 N–H and O–H groups in total. The van der Waals surface area contributed by atoms with E-state index in [-0.39, 0.29) is 0 Å². The number of hydrogen-bond acceptors (Lipinski definition) is 3. The first-order chi connectivity index (χ1) is 10.2. The lowest BCUT2D eigenvalue weighted by molar-refractivity contribution is 0.229. The molecular weight excluding hydrogens is 344 g/mol. The SMILES string of the molecule is CN(Cc1csc(Br)c1)C(CNC1CC1)c1ccccc1. The van der Waals surface area contributed by atoms with E-state index < -0.39 is 0 Å². The molecule has 0 bridgehead atoms. The Bertz CT molecular complexity index is 565. The highest BCUT2D eigenvalue weighted by Gasteiger charge is 2.24. The summed E-state index contributed by atoms with van der Waals surface area (Å²) in [5.41, 5.74) is 2.77. The monoisotopic (exact) mass is 364 g/mol. The molecule has 1 aromatic heterocycles. The van der Waals surface area contributed by atoms with Gasteiger partial charge in [0.25, 0.3) is 0 Å². The summed E-state index contributed by atoms with van der Waals surface area (Å²) in [4.78, 5) is 2.44. The Balaban J connectivity index is 1.70. The lowest BCUT2D eigenvalue weighted by Gasteiger charge is -2.28. The van der Waals surface area contributed by atoms with E-state index in [4.69, 9.17) is 0 Å². The first-order valence-corrected chi connectivity index (χ1v) is 9.11. The molecule has 1 fully saturated rings. The van der Waals surface area contributed by atoms with Crippen LogP contribution < -0.4 is 5.32 Å². The van der Waals surface area contributed by atoms with E-state index in [9.17, 15) is 0 Å². The van der Waals surface area contributed by atoms with Crippen LogP contribution in [0, 0.1) is 0 Å². The van der Waals surface area contributed by atoms with Crippen LogP contribution in [-0.2, 0) is 6.54 Å². The maximum atomic E-state index is 3.68. The lowest BCUT2D eigenvalue weighted by atomic mass is 10.1. The van der Waals surface area contributed by atoms with Crippen LogP contribution in [0.25, 0.3) is 0 Å². The molecule has 1 heterocycles. The summed E-state index contributed by atoms with van der Waals surface area (Å²) in [6, 6.07) is 14.2. The second-order valence-electron chi connectivity index (χ2n) is 5.78. The average Bonchev–Trinajstić information content (AvgIpc) is 3.22.